The molecule has 1 N–H and O–H groups in total. The summed E-state index contributed by atoms with van der Waals surface area (Å²) in [5, 5.41) is 3.57. The monoisotopic (exact) mass is 420 g/mol. The second-order valence-corrected chi connectivity index (χ2v) is 7.88. The fourth-order valence-corrected chi connectivity index (χ4v) is 4.56. The molecule has 1 aromatic heterocycles. The first-order valence-corrected chi connectivity index (χ1v) is 10.4. The fraction of sp³-hybridized carbons (Fsp3) is 0.200. The highest BCUT2D eigenvalue weighted by Gasteiger charge is 2.13. The molecule has 0 spiro atoms. The van der Waals surface area contributed by atoms with Gasteiger partial charge in [0.1, 0.15) is 10.8 Å². The van der Waals surface area contributed by atoms with Crippen LogP contribution in [0.2, 0.25) is 0 Å². The molecular weight excluding hydrogens is 402 g/mol. The summed E-state index contributed by atoms with van der Waals surface area (Å²) in [6.07, 6.45) is 0. The van der Waals surface area contributed by atoms with E-state index < -0.39 is 6.61 Å². The summed E-state index contributed by atoms with van der Waals surface area (Å²) in [7, 11) is 0. The van der Waals surface area contributed by atoms with E-state index >= 15 is 0 Å². The third-order valence-corrected chi connectivity index (χ3v) is 6.11. The maximum absolute atomic E-state index is 12.4. The van der Waals surface area contributed by atoms with Crippen molar-refractivity contribution in [3.8, 4) is 16.3 Å². The quantitative estimate of drug-likeness (QED) is 0.516. The van der Waals surface area contributed by atoms with E-state index in [4.69, 9.17) is 0 Å². The number of hydrogen-bond donors (Lipinski definition) is 1. The van der Waals surface area contributed by atoms with Crippen molar-refractivity contribution >= 4 is 34.7 Å². The minimum Gasteiger partial charge on any atom is -0.433 e. The molecule has 28 heavy (non-hydrogen) atoms. The molecule has 1 heterocycles. The van der Waals surface area contributed by atoms with Gasteiger partial charge in [0.25, 0.3) is 0 Å². The highest BCUT2D eigenvalue weighted by atomic mass is 32.2. The first-order valence-electron chi connectivity index (χ1n) is 8.46. The number of rotatable bonds is 8. The van der Waals surface area contributed by atoms with E-state index in [0.29, 0.717) is 5.75 Å². The Hall–Kier alpha value is -2.45. The van der Waals surface area contributed by atoms with Gasteiger partial charge in [-0.1, -0.05) is 42.5 Å². The van der Waals surface area contributed by atoms with Gasteiger partial charge in [-0.15, -0.1) is 23.1 Å². The van der Waals surface area contributed by atoms with Crippen molar-refractivity contribution in [1.29, 1.82) is 0 Å². The summed E-state index contributed by atoms with van der Waals surface area (Å²) in [6, 6.07) is 16.1. The van der Waals surface area contributed by atoms with E-state index in [1.807, 2.05) is 37.3 Å². The lowest BCUT2D eigenvalue weighted by Gasteiger charge is -2.11. The van der Waals surface area contributed by atoms with Crippen LogP contribution in [0.25, 0.3) is 10.6 Å². The number of anilines is 1. The van der Waals surface area contributed by atoms with Gasteiger partial charge >= 0.3 is 6.61 Å². The van der Waals surface area contributed by atoms with Crippen LogP contribution >= 0.6 is 23.1 Å². The number of nitrogens with zero attached hydrogens (tertiary/aromatic N) is 1. The maximum Gasteiger partial charge on any atom is 0.387 e. The first kappa shape index (κ1) is 20.3. The largest absolute Gasteiger partial charge is 0.433 e. The minimum atomic E-state index is -2.94. The molecule has 4 nitrogen and oxygen atoms in total. The number of carbonyl (C=O) groups is 1. The molecule has 0 saturated heterocycles. The summed E-state index contributed by atoms with van der Waals surface area (Å²) in [4.78, 5) is 17.9. The van der Waals surface area contributed by atoms with E-state index in [1.54, 1.807) is 23.5 Å². The van der Waals surface area contributed by atoms with E-state index in [1.165, 1.54) is 23.9 Å². The lowest BCUT2D eigenvalue weighted by molar-refractivity contribution is -0.113. The van der Waals surface area contributed by atoms with Crippen LogP contribution in [0.1, 0.15) is 10.6 Å². The molecule has 8 heteroatoms. The van der Waals surface area contributed by atoms with E-state index in [-0.39, 0.29) is 23.1 Å². The Bertz CT molecular complexity index is 933. The number of amides is 1. The first-order chi connectivity index (χ1) is 13.5. The Morgan fingerprint density at radius 3 is 2.64 bits per heavy atom. The number of alkyl halides is 2. The smallest absolute Gasteiger partial charge is 0.387 e. The molecule has 0 unspecified atom stereocenters. The van der Waals surface area contributed by atoms with Gasteiger partial charge in [-0.3, -0.25) is 4.79 Å². The number of aryl methyl sites for hydroxylation is 1. The highest BCUT2D eigenvalue weighted by Crippen LogP contribution is 2.30. The number of hydrogen-bond acceptors (Lipinski definition) is 5. The highest BCUT2D eigenvalue weighted by molar-refractivity contribution is 7.99. The predicted molar refractivity (Wildman–Crippen MR) is 110 cm³/mol. The van der Waals surface area contributed by atoms with Gasteiger partial charge in [0.05, 0.1) is 17.1 Å². The summed E-state index contributed by atoms with van der Waals surface area (Å²) in [5.74, 6) is 0.516. The lowest BCUT2D eigenvalue weighted by atomic mass is 10.2. The van der Waals surface area contributed by atoms with Crippen LogP contribution < -0.4 is 10.1 Å². The third kappa shape index (κ3) is 5.53. The van der Waals surface area contributed by atoms with E-state index in [2.05, 4.69) is 15.0 Å². The van der Waals surface area contributed by atoms with Crippen molar-refractivity contribution in [2.75, 3.05) is 11.1 Å². The van der Waals surface area contributed by atoms with Gasteiger partial charge in [-0.2, -0.15) is 8.78 Å². The summed E-state index contributed by atoms with van der Waals surface area (Å²) >= 11 is 3.06. The summed E-state index contributed by atoms with van der Waals surface area (Å²) < 4.78 is 29.3. The number of carbonyl (C=O) groups excluding carboxylic acids is 1. The standard InChI is InChI=1S/C20H18F2N2O2S2/c1-13-17(28-19(23-13)14-7-3-2-4-8-14)11-27-12-18(25)24-15-9-5-6-10-16(15)26-20(21)22/h2-10,20H,11-12H2,1H3,(H,24,25). The zero-order chi connectivity index (χ0) is 19.9. The Morgan fingerprint density at radius 2 is 1.89 bits per heavy atom. The van der Waals surface area contributed by atoms with Gasteiger partial charge in [0, 0.05) is 16.2 Å². The Morgan fingerprint density at radius 1 is 1.18 bits per heavy atom. The van der Waals surface area contributed by atoms with Gasteiger partial charge < -0.3 is 10.1 Å². The van der Waals surface area contributed by atoms with Crippen LogP contribution in [0.15, 0.2) is 54.6 Å². The molecule has 0 bridgehead atoms. The van der Waals surface area contributed by atoms with Crippen LogP contribution in [-0.4, -0.2) is 23.3 Å². The summed E-state index contributed by atoms with van der Waals surface area (Å²) in [5.41, 5.74) is 2.25. The molecule has 3 rings (SSSR count). The molecule has 0 atom stereocenters. The maximum atomic E-state index is 12.4. The van der Waals surface area contributed by atoms with Crippen LogP contribution in [0.3, 0.4) is 0 Å². The van der Waals surface area contributed by atoms with Crippen LogP contribution in [0.4, 0.5) is 14.5 Å². The van der Waals surface area contributed by atoms with Crippen molar-refractivity contribution in [2.24, 2.45) is 0 Å². The van der Waals surface area contributed by atoms with E-state index in [9.17, 15) is 13.6 Å². The predicted octanol–water partition coefficient (Wildman–Crippen LogP) is 5.59. The van der Waals surface area contributed by atoms with Gasteiger partial charge in [0.15, 0.2) is 0 Å². The van der Waals surface area contributed by atoms with Crippen molar-refractivity contribution in [3.05, 3.63) is 65.2 Å². The normalized spacial score (nSPS) is 10.9. The molecular formula is C20H18F2N2O2S2. The molecule has 0 aliphatic carbocycles. The molecule has 0 fully saturated rings. The molecule has 146 valence electrons. The topological polar surface area (TPSA) is 51.2 Å². The van der Waals surface area contributed by atoms with E-state index in [0.717, 1.165) is 21.1 Å². The average Bonchev–Trinajstić information content (AvgIpc) is 3.04. The Kier molecular flexibility index (Phi) is 7.00. The van der Waals surface area contributed by atoms with Crippen molar-refractivity contribution in [2.45, 2.75) is 19.3 Å². The van der Waals surface area contributed by atoms with Gasteiger partial charge in [-0.05, 0) is 19.1 Å². The molecule has 0 saturated carbocycles. The lowest BCUT2D eigenvalue weighted by Crippen LogP contribution is -2.15. The third-order valence-electron chi connectivity index (χ3n) is 3.76. The molecule has 0 aliphatic rings. The number of ether oxygens (including phenoxy) is 1. The molecule has 0 radical (unpaired) electrons. The number of thioether (sulfide) groups is 1. The zero-order valence-electron chi connectivity index (χ0n) is 15.0. The van der Waals surface area contributed by atoms with Gasteiger partial charge in [0.2, 0.25) is 5.91 Å². The number of halogens is 2. The number of nitrogens with one attached hydrogen (secondary N) is 1. The number of benzene rings is 2. The number of aromatic nitrogens is 1. The fourth-order valence-electron chi connectivity index (χ4n) is 2.46. The molecule has 1 amide bonds. The Labute approximate surface area is 170 Å². The van der Waals surface area contributed by atoms with Crippen molar-refractivity contribution in [3.63, 3.8) is 0 Å². The number of para-hydroxylation sites is 2. The van der Waals surface area contributed by atoms with Crippen LogP contribution in [-0.2, 0) is 10.5 Å². The van der Waals surface area contributed by atoms with Crippen molar-refractivity contribution < 1.29 is 18.3 Å². The summed E-state index contributed by atoms with van der Waals surface area (Å²) in [6.45, 7) is -0.989. The molecule has 0 aliphatic heterocycles. The molecule has 2 aromatic carbocycles. The second kappa shape index (κ2) is 9.66. The second-order valence-electron chi connectivity index (χ2n) is 5.81. The minimum absolute atomic E-state index is 0.0540. The van der Waals surface area contributed by atoms with Crippen LogP contribution in [0, 0.1) is 6.92 Å². The molecule has 3 aromatic rings. The SMILES string of the molecule is Cc1nc(-c2ccccc2)sc1CSCC(=O)Nc1ccccc1OC(F)F. The zero-order valence-corrected chi connectivity index (χ0v) is 16.7. The number of thiazole rings is 1. The van der Waals surface area contributed by atoms with Gasteiger partial charge in [-0.25, -0.2) is 4.98 Å². The van der Waals surface area contributed by atoms with Crippen molar-refractivity contribution in [1.82, 2.24) is 4.98 Å². The Balaban J connectivity index is 1.55. The average molecular weight is 421 g/mol. The van der Waals surface area contributed by atoms with Crippen LogP contribution in [0.5, 0.6) is 5.75 Å².